The van der Waals surface area contributed by atoms with E-state index in [9.17, 15) is 24.0 Å². The van der Waals surface area contributed by atoms with Crippen LogP contribution < -0.4 is 5.32 Å². The van der Waals surface area contributed by atoms with E-state index in [2.05, 4.69) is 22.4 Å². The van der Waals surface area contributed by atoms with E-state index in [1.807, 2.05) is 0 Å². The third-order valence-electron chi connectivity index (χ3n) is 7.83. The number of hydrogen-bond donors (Lipinski definition) is 1. The molecule has 278 valence electrons. The molecule has 2 heterocycles. The Morgan fingerprint density at radius 3 is 1.67 bits per heavy atom. The lowest BCUT2D eigenvalue weighted by Crippen LogP contribution is -2.61. The maximum atomic E-state index is 12.6. The van der Waals surface area contributed by atoms with Crippen LogP contribution in [0.2, 0.25) is 0 Å². The van der Waals surface area contributed by atoms with Gasteiger partial charge in [-0.05, 0) is 6.42 Å². The molecule has 0 aliphatic carbocycles. The summed E-state index contributed by atoms with van der Waals surface area (Å²) in [5.41, 5.74) is -1.03. The van der Waals surface area contributed by atoms with Gasteiger partial charge in [-0.1, -0.05) is 120 Å². The zero-order chi connectivity index (χ0) is 36.0. The van der Waals surface area contributed by atoms with E-state index in [1.165, 1.54) is 90.9 Å². The molecule has 1 N–H and O–H groups in total. The predicted molar refractivity (Wildman–Crippen MR) is 186 cm³/mol. The highest BCUT2D eigenvalue weighted by atomic mass is 32.2. The lowest BCUT2D eigenvalue weighted by molar-refractivity contribution is -0.237. The van der Waals surface area contributed by atoms with Crippen LogP contribution in [-0.4, -0.2) is 76.4 Å². The highest BCUT2D eigenvalue weighted by Crippen LogP contribution is 2.39. The number of ether oxygens (including phenoxy) is 5. The van der Waals surface area contributed by atoms with Crippen molar-refractivity contribution < 1.29 is 47.7 Å². The molecule has 0 saturated carbocycles. The number of rotatable bonds is 24. The molecule has 1 saturated heterocycles. The summed E-state index contributed by atoms with van der Waals surface area (Å²) in [4.78, 5) is 60.2. The molecule has 5 atom stereocenters. The smallest absolute Gasteiger partial charge is 0.303 e. The Kier molecular flexibility index (Phi) is 21.1. The number of thioether (sulfide) groups is 1. The number of nitrogens with one attached hydrogen (secondary N) is 1. The van der Waals surface area contributed by atoms with Gasteiger partial charge in [0.15, 0.2) is 28.1 Å². The van der Waals surface area contributed by atoms with Gasteiger partial charge >= 0.3 is 23.9 Å². The molecule has 13 nitrogen and oxygen atoms in total. The van der Waals surface area contributed by atoms with Crippen molar-refractivity contribution in [2.24, 2.45) is 0 Å². The molecule has 1 aliphatic heterocycles. The van der Waals surface area contributed by atoms with Crippen molar-refractivity contribution in [3.8, 4) is 0 Å². The van der Waals surface area contributed by atoms with E-state index >= 15 is 0 Å². The first-order chi connectivity index (χ1) is 23.5. The van der Waals surface area contributed by atoms with Crippen molar-refractivity contribution in [2.75, 3.05) is 11.9 Å². The Morgan fingerprint density at radius 2 is 1.16 bits per heavy atom. The molecule has 1 fully saturated rings. The average Bonchev–Trinajstić information content (AvgIpc) is 3.46. The molecule has 0 radical (unpaired) electrons. The van der Waals surface area contributed by atoms with Crippen molar-refractivity contribution in [1.29, 1.82) is 0 Å². The third kappa shape index (κ3) is 18.2. The molecule has 1 aliphatic rings. The number of hydrogen-bond acceptors (Lipinski definition) is 14. The van der Waals surface area contributed by atoms with E-state index in [0.29, 0.717) is 15.9 Å². The molecule has 2 rings (SSSR count). The molecular weight excluding hydrogens is 675 g/mol. The third-order valence-corrected chi connectivity index (χ3v) is 9.89. The quantitative estimate of drug-likeness (QED) is 0.0504. The van der Waals surface area contributed by atoms with Crippen LogP contribution in [0.5, 0.6) is 0 Å². The number of nitrogens with zero attached hydrogens (tertiary/aromatic N) is 2. The first-order valence-corrected chi connectivity index (χ1v) is 19.3. The van der Waals surface area contributed by atoms with Gasteiger partial charge in [-0.15, -0.1) is 10.2 Å². The van der Waals surface area contributed by atoms with Gasteiger partial charge in [-0.3, -0.25) is 24.0 Å². The molecule has 0 spiro atoms. The normalized spacial score (nSPS) is 20.3. The van der Waals surface area contributed by atoms with E-state index in [1.54, 1.807) is 0 Å². The SMILES string of the molecule is CCCCCCCCCCCCCCCCCC(=O)Nc1nnc(S[C@@H]2O[C@H](COC(C)=O)[C@H](OC(C)=O)[C@H](OC(C)=O)[C@H]2OC(C)=O)s1. The maximum Gasteiger partial charge on any atom is 0.303 e. The minimum Gasteiger partial charge on any atom is -0.463 e. The highest BCUT2D eigenvalue weighted by molar-refractivity contribution is 8.01. The van der Waals surface area contributed by atoms with Gasteiger partial charge in [0.1, 0.15) is 12.7 Å². The second-order valence-corrected chi connectivity index (χ2v) is 14.6. The van der Waals surface area contributed by atoms with E-state index in [-0.39, 0.29) is 12.5 Å². The maximum absolute atomic E-state index is 12.6. The van der Waals surface area contributed by atoms with Crippen LogP contribution in [0.4, 0.5) is 5.13 Å². The minimum atomic E-state index is -1.28. The topological polar surface area (TPSA) is 169 Å². The molecule has 0 bridgehead atoms. The van der Waals surface area contributed by atoms with Crippen LogP contribution in [-0.2, 0) is 47.7 Å². The van der Waals surface area contributed by atoms with Gasteiger partial charge in [0, 0.05) is 34.1 Å². The van der Waals surface area contributed by atoms with E-state index < -0.39 is 53.7 Å². The Morgan fingerprint density at radius 1 is 0.673 bits per heavy atom. The second kappa shape index (κ2) is 24.4. The summed E-state index contributed by atoms with van der Waals surface area (Å²) in [5, 5.41) is 11.3. The zero-order valence-electron chi connectivity index (χ0n) is 29.7. The Hall–Kier alpha value is -2.78. The van der Waals surface area contributed by atoms with Gasteiger partial charge in [0.25, 0.3) is 0 Å². The van der Waals surface area contributed by atoms with Gasteiger partial charge in [0.05, 0.1) is 0 Å². The van der Waals surface area contributed by atoms with Crippen molar-refractivity contribution in [2.45, 2.75) is 172 Å². The van der Waals surface area contributed by atoms with Crippen LogP contribution in [0.3, 0.4) is 0 Å². The molecule has 1 aromatic rings. The van der Waals surface area contributed by atoms with Crippen molar-refractivity contribution in [1.82, 2.24) is 10.2 Å². The molecule has 0 aromatic carbocycles. The van der Waals surface area contributed by atoms with Crippen molar-refractivity contribution in [3.63, 3.8) is 0 Å². The fourth-order valence-electron chi connectivity index (χ4n) is 5.53. The summed E-state index contributed by atoms with van der Waals surface area (Å²) in [6.45, 7) is 6.63. The Bertz CT molecular complexity index is 1170. The number of aromatic nitrogens is 2. The summed E-state index contributed by atoms with van der Waals surface area (Å²) in [5.74, 6) is -2.88. The van der Waals surface area contributed by atoms with Crippen LogP contribution in [0.25, 0.3) is 0 Å². The molecule has 15 heteroatoms. The van der Waals surface area contributed by atoms with Gasteiger partial charge < -0.3 is 29.0 Å². The molecule has 1 amide bonds. The first kappa shape index (κ1) is 42.4. The number of anilines is 1. The second-order valence-electron chi connectivity index (χ2n) is 12.3. The number of esters is 4. The summed E-state index contributed by atoms with van der Waals surface area (Å²) in [7, 11) is 0. The van der Waals surface area contributed by atoms with Crippen LogP contribution in [0.1, 0.15) is 137 Å². The fourth-order valence-corrected chi connectivity index (χ4v) is 7.57. The summed E-state index contributed by atoms with van der Waals surface area (Å²) in [6.07, 6.45) is 14.3. The number of amides is 1. The average molecular weight is 730 g/mol. The highest BCUT2D eigenvalue weighted by Gasteiger charge is 2.52. The monoisotopic (exact) mass is 729 g/mol. The van der Waals surface area contributed by atoms with Gasteiger partial charge in [-0.25, -0.2) is 0 Å². The van der Waals surface area contributed by atoms with Gasteiger partial charge in [-0.2, -0.15) is 0 Å². The number of carbonyl (C=O) groups is 5. The van der Waals surface area contributed by atoms with Crippen LogP contribution in [0, 0.1) is 0 Å². The van der Waals surface area contributed by atoms with Crippen molar-refractivity contribution >= 4 is 58.0 Å². The predicted octanol–water partition coefficient (Wildman–Crippen LogP) is 6.91. The Labute approximate surface area is 298 Å². The molecular formula is C34H55N3O10S2. The molecule has 1 aromatic heterocycles. The summed E-state index contributed by atoms with van der Waals surface area (Å²) < 4.78 is 27.9. The molecule has 0 unspecified atom stereocenters. The molecule has 49 heavy (non-hydrogen) atoms. The largest absolute Gasteiger partial charge is 0.463 e. The minimum absolute atomic E-state index is 0.158. The van der Waals surface area contributed by atoms with E-state index in [4.69, 9.17) is 23.7 Å². The zero-order valence-corrected chi connectivity index (χ0v) is 31.3. The van der Waals surface area contributed by atoms with Crippen LogP contribution in [0.15, 0.2) is 4.34 Å². The standard InChI is InChI=1S/C34H55N3O10S2/c1-6-7-8-9-10-11-12-13-14-15-16-17-18-19-20-21-28(42)35-33-36-37-34(49-33)48-32-31(46-26(5)41)30(45-25(4)40)29(44-24(3)39)27(47-32)22-43-23(2)38/h27,29-32H,6-22H2,1-5H3,(H,35,36,42)/t27-,29+,30+,31-,32+/m1/s1. The lowest BCUT2D eigenvalue weighted by Gasteiger charge is -2.43. The number of carbonyl (C=O) groups excluding carboxylic acids is 5. The first-order valence-electron chi connectivity index (χ1n) is 17.6. The Balaban J connectivity index is 1.83. The van der Waals surface area contributed by atoms with Crippen LogP contribution >= 0.6 is 23.1 Å². The number of unbranched alkanes of at least 4 members (excludes halogenated alkanes) is 14. The van der Waals surface area contributed by atoms with Gasteiger partial charge in [0.2, 0.25) is 11.0 Å². The van der Waals surface area contributed by atoms with Crippen molar-refractivity contribution in [3.05, 3.63) is 0 Å². The summed E-state index contributed by atoms with van der Waals surface area (Å²) >= 11 is 2.11. The summed E-state index contributed by atoms with van der Waals surface area (Å²) in [6, 6.07) is 0. The lowest BCUT2D eigenvalue weighted by atomic mass is 9.99. The fraction of sp³-hybridized carbons (Fsp3) is 0.794. The van der Waals surface area contributed by atoms with E-state index in [0.717, 1.165) is 56.2 Å².